The van der Waals surface area contributed by atoms with Crippen LogP contribution in [0.2, 0.25) is 0 Å². The van der Waals surface area contributed by atoms with Gasteiger partial charge in [0.2, 0.25) is 11.7 Å². The quantitative estimate of drug-likeness (QED) is 0.725. The molecular weight excluding hydrogens is 260 g/mol. The van der Waals surface area contributed by atoms with Crippen molar-refractivity contribution in [3.63, 3.8) is 0 Å². The highest BCUT2D eigenvalue weighted by atomic mass is 16.5. The van der Waals surface area contributed by atoms with Gasteiger partial charge in [-0.3, -0.25) is 0 Å². The fraction of sp³-hybridized carbons (Fsp3) is 0.444. The lowest BCUT2D eigenvalue weighted by Crippen LogP contribution is -2.01. The van der Waals surface area contributed by atoms with E-state index in [1.807, 2.05) is 0 Å². The van der Waals surface area contributed by atoms with E-state index in [0.717, 1.165) is 18.4 Å². The van der Waals surface area contributed by atoms with E-state index in [1.54, 1.807) is 0 Å². The Morgan fingerprint density at radius 3 is 2.90 bits per heavy atom. The third-order valence-electron chi connectivity index (χ3n) is 3.81. The summed E-state index contributed by atoms with van der Waals surface area (Å²) in [6.45, 7) is 12.5. The topological polar surface area (TPSA) is 38.9 Å². The number of aromatic nitrogens is 2. The molecule has 0 radical (unpaired) electrons. The summed E-state index contributed by atoms with van der Waals surface area (Å²) < 4.78 is 5.31. The zero-order valence-corrected chi connectivity index (χ0v) is 13.4. The SMILES string of the molecule is C=C1CC=CC(c2noc(C(C)C)n2)=CC1C/C(C)=C/C. The van der Waals surface area contributed by atoms with E-state index in [-0.39, 0.29) is 5.92 Å². The van der Waals surface area contributed by atoms with Gasteiger partial charge in [0.05, 0.1) is 0 Å². The van der Waals surface area contributed by atoms with Crippen LogP contribution in [0.1, 0.15) is 58.2 Å². The van der Waals surface area contributed by atoms with Crippen molar-refractivity contribution in [3.8, 4) is 0 Å². The second-order valence-electron chi connectivity index (χ2n) is 5.94. The van der Waals surface area contributed by atoms with Crippen molar-refractivity contribution in [2.45, 2.75) is 46.5 Å². The van der Waals surface area contributed by atoms with Crippen LogP contribution in [0.3, 0.4) is 0 Å². The third kappa shape index (κ3) is 3.81. The van der Waals surface area contributed by atoms with Gasteiger partial charge in [0.25, 0.3) is 0 Å². The van der Waals surface area contributed by atoms with Crippen LogP contribution in [-0.4, -0.2) is 10.1 Å². The minimum absolute atomic E-state index is 0.248. The summed E-state index contributed by atoms with van der Waals surface area (Å²) in [4.78, 5) is 4.49. The lowest BCUT2D eigenvalue weighted by Gasteiger charge is -2.14. The van der Waals surface area contributed by atoms with Gasteiger partial charge in [0.1, 0.15) is 0 Å². The number of hydrogen-bond acceptors (Lipinski definition) is 3. The van der Waals surface area contributed by atoms with Gasteiger partial charge < -0.3 is 4.52 Å². The standard InChI is InChI=1S/C18H24N2O/c1-6-13(4)10-16-11-15(9-7-8-14(16)5)17-19-18(12(2)3)21-20-17/h6-7,9,11-12,16H,5,8,10H2,1-4H3/b13-6+. The first-order valence-electron chi connectivity index (χ1n) is 7.53. The van der Waals surface area contributed by atoms with Crippen molar-refractivity contribution in [1.29, 1.82) is 0 Å². The summed E-state index contributed by atoms with van der Waals surface area (Å²) in [5, 5.41) is 4.11. The molecule has 0 fully saturated rings. The van der Waals surface area contributed by atoms with Crippen LogP contribution < -0.4 is 0 Å². The maximum absolute atomic E-state index is 5.31. The van der Waals surface area contributed by atoms with E-state index < -0.39 is 0 Å². The highest BCUT2D eigenvalue weighted by Crippen LogP contribution is 2.30. The highest BCUT2D eigenvalue weighted by Gasteiger charge is 2.17. The first-order valence-corrected chi connectivity index (χ1v) is 7.53. The number of allylic oxidation sites excluding steroid dienone is 7. The average molecular weight is 284 g/mol. The van der Waals surface area contributed by atoms with E-state index in [9.17, 15) is 0 Å². The van der Waals surface area contributed by atoms with Crippen LogP contribution in [0.25, 0.3) is 5.57 Å². The van der Waals surface area contributed by atoms with Gasteiger partial charge in [-0.25, -0.2) is 0 Å². The molecule has 112 valence electrons. The minimum atomic E-state index is 0.248. The lowest BCUT2D eigenvalue weighted by molar-refractivity contribution is 0.363. The Labute approximate surface area is 127 Å². The molecule has 2 rings (SSSR count). The molecule has 1 heterocycles. The van der Waals surface area contributed by atoms with E-state index in [0.29, 0.717) is 17.6 Å². The van der Waals surface area contributed by atoms with E-state index >= 15 is 0 Å². The summed E-state index contributed by atoms with van der Waals surface area (Å²) in [6, 6.07) is 0. The van der Waals surface area contributed by atoms with E-state index in [1.165, 1.54) is 11.1 Å². The molecule has 21 heavy (non-hydrogen) atoms. The summed E-state index contributed by atoms with van der Waals surface area (Å²) in [7, 11) is 0. The molecule has 1 unspecified atom stereocenters. The Balaban J connectivity index is 2.30. The van der Waals surface area contributed by atoms with Crippen molar-refractivity contribution in [2.75, 3.05) is 0 Å². The second kappa shape index (κ2) is 6.70. The Morgan fingerprint density at radius 1 is 1.52 bits per heavy atom. The van der Waals surface area contributed by atoms with Gasteiger partial charge in [-0.1, -0.05) is 61.0 Å². The minimum Gasteiger partial charge on any atom is -0.339 e. The Hall–Kier alpha value is -1.90. The number of nitrogens with zero attached hydrogens (tertiary/aromatic N) is 2. The Bertz CT molecular complexity index is 602. The molecule has 0 bridgehead atoms. The van der Waals surface area contributed by atoms with Crippen LogP contribution in [0.4, 0.5) is 0 Å². The lowest BCUT2D eigenvalue weighted by atomic mass is 9.91. The summed E-state index contributed by atoms with van der Waals surface area (Å²) in [5.74, 6) is 1.93. The fourth-order valence-electron chi connectivity index (χ4n) is 2.28. The van der Waals surface area contributed by atoms with Gasteiger partial charge in [0, 0.05) is 17.4 Å². The van der Waals surface area contributed by atoms with Crippen LogP contribution in [0, 0.1) is 5.92 Å². The van der Waals surface area contributed by atoms with Crippen molar-refractivity contribution >= 4 is 5.57 Å². The maximum atomic E-state index is 5.31. The molecule has 0 spiro atoms. The third-order valence-corrected chi connectivity index (χ3v) is 3.81. The molecule has 1 aromatic rings. The Morgan fingerprint density at radius 2 is 2.29 bits per heavy atom. The van der Waals surface area contributed by atoms with Crippen molar-refractivity contribution in [2.24, 2.45) is 5.92 Å². The first-order chi connectivity index (χ1) is 10.0. The summed E-state index contributed by atoms with van der Waals surface area (Å²) >= 11 is 0. The number of hydrogen-bond donors (Lipinski definition) is 0. The van der Waals surface area contributed by atoms with Crippen molar-refractivity contribution in [3.05, 3.63) is 53.7 Å². The molecule has 0 amide bonds. The molecule has 3 heteroatoms. The van der Waals surface area contributed by atoms with Gasteiger partial charge in [-0.15, -0.1) is 0 Å². The summed E-state index contributed by atoms with van der Waals surface area (Å²) in [6.07, 6.45) is 10.5. The molecule has 1 aliphatic rings. The molecule has 3 nitrogen and oxygen atoms in total. The molecule has 0 N–H and O–H groups in total. The average Bonchev–Trinajstić information content (AvgIpc) is 2.87. The van der Waals surface area contributed by atoms with Crippen LogP contribution in [-0.2, 0) is 0 Å². The van der Waals surface area contributed by atoms with Crippen LogP contribution >= 0.6 is 0 Å². The predicted octanol–water partition coefficient (Wildman–Crippen LogP) is 5.07. The zero-order chi connectivity index (χ0) is 15.4. The molecule has 0 saturated carbocycles. The Kier molecular flexibility index (Phi) is 4.94. The number of rotatable bonds is 4. The molecule has 1 aromatic heterocycles. The van der Waals surface area contributed by atoms with E-state index in [4.69, 9.17) is 4.52 Å². The molecular formula is C18H24N2O. The fourth-order valence-corrected chi connectivity index (χ4v) is 2.28. The van der Waals surface area contributed by atoms with Crippen molar-refractivity contribution < 1.29 is 4.52 Å². The first kappa shape index (κ1) is 15.5. The highest BCUT2D eigenvalue weighted by molar-refractivity contribution is 5.70. The maximum Gasteiger partial charge on any atom is 0.229 e. The molecule has 1 aliphatic carbocycles. The molecule has 0 aromatic carbocycles. The predicted molar refractivity (Wildman–Crippen MR) is 86.8 cm³/mol. The van der Waals surface area contributed by atoms with E-state index in [2.05, 4.69) is 68.7 Å². The van der Waals surface area contributed by atoms with Gasteiger partial charge in [0.15, 0.2) is 0 Å². The van der Waals surface area contributed by atoms with Gasteiger partial charge in [-0.05, 0) is 26.7 Å². The van der Waals surface area contributed by atoms with Crippen LogP contribution in [0.15, 0.2) is 46.6 Å². The normalized spacial score (nSPS) is 19.9. The van der Waals surface area contributed by atoms with Crippen molar-refractivity contribution in [1.82, 2.24) is 10.1 Å². The van der Waals surface area contributed by atoms with Crippen LogP contribution in [0.5, 0.6) is 0 Å². The smallest absolute Gasteiger partial charge is 0.229 e. The monoisotopic (exact) mass is 284 g/mol. The second-order valence-corrected chi connectivity index (χ2v) is 5.94. The molecule has 0 aliphatic heterocycles. The van der Waals surface area contributed by atoms with Gasteiger partial charge in [-0.2, -0.15) is 4.98 Å². The largest absolute Gasteiger partial charge is 0.339 e. The molecule has 1 atom stereocenters. The zero-order valence-electron chi connectivity index (χ0n) is 13.4. The summed E-state index contributed by atoms with van der Waals surface area (Å²) in [5.41, 5.74) is 3.63. The molecule has 0 saturated heterocycles. The van der Waals surface area contributed by atoms with Gasteiger partial charge >= 0.3 is 0 Å².